The van der Waals surface area contributed by atoms with E-state index in [0.717, 1.165) is 47.8 Å². The Morgan fingerprint density at radius 2 is 1.56 bits per heavy atom. The van der Waals surface area contributed by atoms with Gasteiger partial charge in [-0.05, 0) is 99.4 Å². The number of para-hydroxylation sites is 1. The third-order valence-electron chi connectivity index (χ3n) is 13.9. The zero-order valence-corrected chi connectivity index (χ0v) is 42.0. The van der Waals surface area contributed by atoms with Crippen molar-refractivity contribution in [2.45, 2.75) is 69.7 Å². The van der Waals surface area contributed by atoms with Gasteiger partial charge < -0.3 is 43.5 Å². The molecule has 70 heavy (non-hydrogen) atoms. The molecule has 0 aliphatic carbocycles. The van der Waals surface area contributed by atoms with Gasteiger partial charge in [-0.15, -0.1) is 0 Å². The number of methoxy groups -OCH3 is 2. The zero-order chi connectivity index (χ0) is 49.6. The van der Waals surface area contributed by atoms with Crippen LogP contribution in [-0.2, 0) is 50.5 Å². The van der Waals surface area contributed by atoms with Crippen LogP contribution >= 0.6 is 23.2 Å². The molecular formula is C53H61Cl2N7O8. The fourth-order valence-corrected chi connectivity index (χ4v) is 10.0. The molecule has 0 spiro atoms. The quantitative estimate of drug-likeness (QED) is 0.127. The largest absolute Gasteiger partial charge is 0.493 e. The topological polar surface area (TPSA) is 148 Å². The monoisotopic (exact) mass is 993 g/mol. The molecule has 17 heteroatoms. The second-order valence-electron chi connectivity index (χ2n) is 18.5. The highest BCUT2D eigenvalue weighted by Crippen LogP contribution is 2.46. The lowest BCUT2D eigenvalue weighted by Crippen LogP contribution is -2.58. The maximum atomic E-state index is 15.2. The number of likely N-dealkylation sites (N-methyl/N-ethyl adjacent to an activating group) is 2. The normalized spacial score (nSPS) is 21.7. The molecule has 15 nitrogen and oxygen atoms in total. The van der Waals surface area contributed by atoms with Crippen LogP contribution in [0.4, 0.5) is 0 Å². The minimum Gasteiger partial charge on any atom is -0.493 e. The van der Waals surface area contributed by atoms with Crippen molar-refractivity contribution in [2.24, 2.45) is 13.0 Å². The van der Waals surface area contributed by atoms with E-state index in [-0.39, 0.29) is 38.6 Å². The van der Waals surface area contributed by atoms with Crippen molar-refractivity contribution in [1.82, 2.24) is 34.5 Å². The summed E-state index contributed by atoms with van der Waals surface area (Å²) in [4.78, 5) is 71.1. The number of nitrogens with zero attached hydrogens (tertiary/aromatic N) is 6. The first kappa shape index (κ1) is 50.3. The number of carbonyl (C=O) groups is 4. The van der Waals surface area contributed by atoms with E-state index in [1.54, 1.807) is 74.3 Å². The van der Waals surface area contributed by atoms with Crippen LogP contribution in [0.1, 0.15) is 54.6 Å². The number of imidazole rings is 1. The number of benzene rings is 4. The lowest BCUT2D eigenvalue weighted by Gasteiger charge is -2.38. The molecule has 4 aromatic carbocycles. The summed E-state index contributed by atoms with van der Waals surface area (Å²) in [6, 6.07) is 22.8. The Morgan fingerprint density at radius 3 is 2.27 bits per heavy atom. The van der Waals surface area contributed by atoms with Gasteiger partial charge in [-0.25, -0.2) is 4.98 Å². The molecule has 370 valence electrons. The van der Waals surface area contributed by atoms with Gasteiger partial charge in [0.05, 0.1) is 57.3 Å². The van der Waals surface area contributed by atoms with E-state index in [2.05, 4.69) is 14.8 Å². The molecule has 1 aromatic heterocycles. The van der Waals surface area contributed by atoms with Gasteiger partial charge in [0.15, 0.2) is 11.5 Å². The molecule has 0 radical (unpaired) electrons. The Hall–Kier alpha value is -6.13. The van der Waals surface area contributed by atoms with E-state index in [0.29, 0.717) is 45.0 Å². The van der Waals surface area contributed by atoms with Crippen LogP contribution in [0.2, 0.25) is 10.0 Å². The van der Waals surface area contributed by atoms with Crippen molar-refractivity contribution in [1.29, 1.82) is 0 Å². The van der Waals surface area contributed by atoms with Crippen LogP contribution in [0, 0.1) is 5.92 Å². The first-order valence-electron chi connectivity index (χ1n) is 23.7. The lowest BCUT2D eigenvalue weighted by molar-refractivity contribution is -0.148. The summed E-state index contributed by atoms with van der Waals surface area (Å²) >= 11 is 12.8. The van der Waals surface area contributed by atoms with Crippen molar-refractivity contribution in [3.63, 3.8) is 0 Å². The molecule has 0 unspecified atom stereocenters. The summed E-state index contributed by atoms with van der Waals surface area (Å²) in [7, 11) is 8.37. The van der Waals surface area contributed by atoms with Gasteiger partial charge in [0.25, 0.3) is 0 Å². The van der Waals surface area contributed by atoms with Crippen LogP contribution in [0.5, 0.6) is 23.0 Å². The summed E-state index contributed by atoms with van der Waals surface area (Å²) in [6.07, 6.45) is 4.40. The third-order valence-corrected chi connectivity index (χ3v) is 14.4. The van der Waals surface area contributed by atoms with Crippen LogP contribution in [-0.4, -0.2) is 132 Å². The molecule has 2 saturated heterocycles. The smallest absolute Gasteiger partial charge is 0.247 e. The summed E-state index contributed by atoms with van der Waals surface area (Å²) in [5, 5.41) is 3.87. The molecule has 4 heterocycles. The molecule has 2 fully saturated rings. The number of likely N-dealkylation sites (tertiary alicyclic amines) is 1. The number of ether oxygens (including phenoxy) is 4. The standard InChI is InChI=1S/C53H61Cl2N7O8/c1-33-51(64)57-44(32-67-5)53(66)59(3)39(24-34-12-17-37(54)18-13-34)29-58(2)52(65)42(43-31-69-50-41(43)10-9-11-46(50)68-6)26-49(63)62(33)28-36-14-19-38(55)25-47(36)70-40-20-15-35(16-21-40)45-27-56-48(60(45)4)30-61-22-7-8-23-61/h9-21,25,27,33,39,42-44H,7-8,22-24,26,28-32H2,1-6H3,(H,57,64)/t33-,39+,42-,43-,44-/m0/s1. The Balaban J connectivity index is 1.12. The maximum Gasteiger partial charge on any atom is 0.247 e. The van der Waals surface area contributed by atoms with Crippen LogP contribution in [0.15, 0.2) is 91.1 Å². The first-order chi connectivity index (χ1) is 33.7. The number of hydrogen-bond acceptors (Lipinski definition) is 10. The zero-order valence-electron chi connectivity index (χ0n) is 40.5. The fourth-order valence-electron chi connectivity index (χ4n) is 9.75. The molecule has 0 saturated carbocycles. The van der Waals surface area contributed by atoms with Crippen molar-refractivity contribution >= 4 is 46.8 Å². The number of halogens is 2. The Kier molecular flexibility index (Phi) is 16.0. The molecule has 5 aromatic rings. The lowest BCUT2D eigenvalue weighted by atomic mass is 9.83. The number of rotatable bonds is 13. The number of carbonyl (C=O) groups excluding carboxylic acids is 4. The molecule has 3 aliphatic rings. The van der Waals surface area contributed by atoms with E-state index < -0.39 is 47.7 Å². The first-order valence-corrected chi connectivity index (χ1v) is 24.4. The number of nitrogens with one attached hydrogen (secondary N) is 1. The van der Waals surface area contributed by atoms with E-state index >= 15 is 9.59 Å². The van der Waals surface area contributed by atoms with Crippen molar-refractivity contribution in [3.05, 3.63) is 124 Å². The summed E-state index contributed by atoms with van der Waals surface area (Å²) in [5.74, 6) is -0.398. The molecule has 1 N–H and O–H groups in total. The Labute approximate surface area is 419 Å². The average Bonchev–Trinajstić information content (AvgIpc) is 4.13. The number of amides is 4. The van der Waals surface area contributed by atoms with Gasteiger partial charge in [-0.2, -0.15) is 0 Å². The van der Waals surface area contributed by atoms with Gasteiger partial charge in [-0.1, -0.05) is 53.5 Å². The van der Waals surface area contributed by atoms with Crippen molar-refractivity contribution in [2.75, 3.05) is 61.2 Å². The van der Waals surface area contributed by atoms with Gasteiger partial charge in [0.1, 0.15) is 29.4 Å². The summed E-state index contributed by atoms with van der Waals surface area (Å²) in [5.41, 5.74) is 4.11. The van der Waals surface area contributed by atoms with E-state index in [9.17, 15) is 9.59 Å². The van der Waals surface area contributed by atoms with Gasteiger partial charge >= 0.3 is 0 Å². The SMILES string of the molecule is COC[C@@H]1NC(=O)[C@H](C)N(Cc2ccc(Cl)cc2Oc2ccc(-c3cnc(CN4CCCC4)n3C)cc2)C(=O)C[C@@H]([C@H]2COc3c(OC)cccc32)C(=O)N(C)C[C@@H](Cc2ccc(Cl)cc2)N(C)C1=O. The van der Waals surface area contributed by atoms with E-state index in [1.165, 1.54) is 24.9 Å². The molecule has 5 atom stereocenters. The van der Waals surface area contributed by atoms with Crippen LogP contribution in [0.25, 0.3) is 11.3 Å². The van der Waals surface area contributed by atoms with Gasteiger partial charge in [-0.3, -0.25) is 24.1 Å². The van der Waals surface area contributed by atoms with E-state index in [4.69, 9.17) is 47.1 Å². The minimum absolute atomic E-state index is 0.106. The number of fused-ring (bicyclic) bond motifs is 1. The molecule has 8 rings (SSSR count). The fraction of sp³-hybridized carbons (Fsp3) is 0.415. The van der Waals surface area contributed by atoms with Crippen molar-refractivity contribution < 1.29 is 38.1 Å². The van der Waals surface area contributed by atoms with Crippen LogP contribution in [0.3, 0.4) is 0 Å². The minimum atomic E-state index is -1.14. The summed E-state index contributed by atoms with van der Waals surface area (Å²) < 4.78 is 26.0. The highest BCUT2D eigenvalue weighted by molar-refractivity contribution is 6.31. The molecular weight excluding hydrogens is 934 g/mol. The highest BCUT2D eigenvalue weighted by atomic mass is 35.5. The summed E-state index contributed by atoms with van der Waals surface area (Å²) in [6.45, 7) is 4.54. The third kappa shape index (κ3) is 11.2. The van der Waals surface area contributed by atoms with E-state index in [1.807, 2.05) is 61.8 Å². The second kappa shape index (κ2) is 22.3. The molecule has 4 amide bonds. The van der Waals surface area contributed by atoms with Gasteiger partial charge in [0.2, 0.25) is 23.6 Å². The van der Waals surface area contributed by atoms with Crippen molar-refractivity contribution in [3.8, 4) is 34.3 Å². The van der Waals surface area contributed by atoms with Gasteiger partial charge in [0, 0.05) is 73.9 Å². The average molecular weight is 995 g/mol. The molecule has 3 aliphatic heterocycles. The predicted octanol–water partition coefficient (Wildman–Crippen LogP) is 7.36. The number of hydrogen-bond donors (Lipinski definition) is 1. The number of aromatic nitrogens is 2. The maximum absolute atomic E-state index is 15.2. The molecule has 0 bridgehead atoms. The van der Waals surface area contributed by atoms with Crippen LogP contribution < -0.4 is 19.5 Å². The Morgan fingerprint density at radius 1 is 0.829 bits per heavy atom. The predicted molar refractivity (Wildman–Crippen MR) is 267 cm³/mol. The second-order valence-corrected chi connectivity index (χ2v) is 19.3. The Bertz CT molecular complexity index is 2670. The highest BCUT2D eigenvalue weighted by Gasteiger charge is 2.43.